The van der Waals surface area contributed by atoms with Gasteiger partial charge in [-0.1, -0.05) is 47.5 Å². The second kappa shape index (κ2) is 5.91. The summed E-state index contributed by atoms with van der Waals surface area (Å²) in [5.74, 6) is -0.845. The molecule has 0 atom stereocenters. The molecule has 0 aliphatic carbocycles. The summed E-state index contributed by atoms with van der Waals surface area (Å²) in [6.45, 7) is 7.82. The summed E-state index contributed by atoms with van der Waals surface area (Å²) in [6, 6.07) is 11.3. The van der Waals surface area contributed by atoms with Crippen LogP contribution in [0.25, 0.3) is 5.57 Å². The predicted octanol–water partition coefficient (Wildman–Crippen LogP) is 4.44. The molecular weight excluding hydrogens is 322 g/mol. The SMILES string of the molecule is Cc1ccc(N2C(=O)C(Cl)=C(c3ccc(C)c(C)c3)C2=O)c(C)c1. The molecule has 0 N–H and O–H groups in total. The maximum atomic E-state index is 12.9. The van der Waals surface area contributed by atoms with Gasteiger partial charge in [-0.25, -0.2) is 4.90 Å². The van der Waals surface area contributed by atoms with Crippen molar-refractivity contribution in [3.8, 4) is 0 Å². The second-order valence-electron chi connectivity index (χ2n) is 6.22. The number of hydrogen-bond acceptors (Lipinski definition) is 2. The topological polar surface area (TPSA) is 37.4 Å². The number of carbonyl (C=O) groups excluding carboxylic acids is 2. The highest BCUT2D eigenvalue weighted by atomic mass is 35.5. The van der Waals surface area contributed by atoms with Crippen LogP contribution in [0.4, 0.5) is 5.69 Å². The van der Waals surface area contributed by atoms with E-state index < -0.39 is 5.91 Å². The van der Waals surface area contributed by atoms with E-state index in [9.17, 15) is 9.59 Å². The van der Waals surface area contributed by atoms with Crippen molar-refractivity contribution in [3.63, 3.8) is 0 Å². The van der Waals surface area contributed by atoms with Gasteiger partial charge >= 0.3 is 0 Å². The lowest BCUT2D eigenvalue weighted by atomic mass is 10.0. The van der Waals surface area contributed by atoms with E-state index in [1.165, 1.54) is 4.90 Å². The average Bonchev–Trinajstić information content (AvgIpc) is 2.73. The maximum absolute atomic E-state index is 12.9. The zero-order valence-corrected chi connectivity index (χ0v) is 14.9. The Morgan fingerprint density at radius 2 is 1.50 bits per heavy atom. The van der Waals surface area contributed by atoms with Gasteiger partial charge in [0.1, 0.15) is 5.03 Å². The van der Waals surface area contributed by atoms with Crippen LogP contribution in [-0.4, -0.2) is 11.8 Å². The fraction of sp³-hybridized carbons (Fsp3) is 0.200. The highest BCUT2D eigenvalue weighted by Gasteiger charge is 2.39. The van der Waals surface area contributed by atoms with Crippen molar-refractivity contribution in [1.82, 2.24) is 0 Å². The molecule has 3 nitrogen and oxygen atoms in total. The molecule has 1 aliphatic heterocycles. The monoisotopic (exact) mass is 339 g/mol. The average molecular weight is 340 g/mol. The molecular formula is C20H18ClNO2. The quantitative estimate of drug-likeness (QED) is 0.758. The molecule has 24 heavy (non-hydrogen) atoms. The zero-order chi connectivity index (χ0) is 17.6. The number of nitrogens with zero attached hydrogens (tertiary/aromatic N) is 1. The number of aryl methyl sites for hydroxylation is 4. The Hall–Kier alpha value is -2.39. The highest BCUT2D eigenvalue weighted by molar-refractivity contribution is 6.60. The number of anilines is 1. The standard InChI is InChI=1S/C20H18ClNO2/c1-11-5-8-16(14(4)9-11)22-19(23)17(18(21)20(22)24)15-7-6-12(2)13(3)10-15/h5-10H,1-4H3. The van der Waals surface area contributed by atoms with Crippen LogP contribution in [0.5, 0.6) is 0 Å². The summed E-state index contributed by atoms with van der Waals surface area (Å²) in [5, 5.41) is -0.0248. The second-order valence-corrected chi connectivity index (χ2v) is 6.60. The third-order valence-corrected chi connectivity index (χ3v) is 4.77. The summed E-state index contributed by atoms with van der Waals surface area (Å²) < 4.78 is 0. The molecule has 0 radical (unpaired) electrons. The number of rotatable bonds is 2. The Morgan fingerprint density at radius 1 is 0.792 bits per heavy atom. The molecule has 0 unspecified atom stereocenters. The van der Waals surface area contributed by atoms with E-state index in [0.717, 1.165) is 22.3 Å². The first-order chi connectivity index (χ1) is 11.3. The van der Waals surface area contributed by atoms with E-state index >= 15 is 0 Å². The van der Waals surface area contributed by atoms with Crippen LogP contribution in [0.1, 0.15) is 27.8 Å². The van der Waals surface area contributed by atoms with Gasteiger partial charge in [-0.15, -0.1) is 0 Å². The predicted molar refractivity (Wildman–Crippen MR) is 97.1 cm³/mol. The molecule has 0 spiro atoms. The fourth-order valence-corrected chi connectivity index (χ4v) is 3.20. The molecule has 3 rings (SSSR count). The van der Waals surface area contributed by atoms with Crippen molar-refractivity contribution in [2.45, 2.75) is 27.7 Å². The number of halogens is 1. The van der Waals surface area contributed by atoms with Gasteiger partial charge in [-0.05, 0) is 56.0 Å². The van der Waals surface area contributed by atoms with Crippen LogP contribution in [0.15, 0.2) is 41.4 Å². The Kier molecular flexibility index (Phi) is 4.06. The van der Waals surface area contributed by atoms with E-state index in [4.69, 9.17) is 11.6 Å². The number of benzene rings is 2. The lowest BCUT2D eigenvalue weighted by molar-refractivity contribution is -0.119. The number of amides is 2. The third-order valence-electron chi connectivity index (χ3n) is 4.42. The normalized spacial score (nSPS) is 14.8. The molecule has 122 valence electrons. The smallest absolute Gasteiger partial charge is 0.268 e. The van der Waals surface area contributed by atoms with Crippen LogP contribution in [0.3, 0.4) is 0 Å². The molecule has 0 aromatic heterocycles. The molecule has 0 saturated heterocycles. The molecule has 2 amide bonds. The van der Waals surface area contributed by atoms with Crippen molar-refractivity contribution < 1.29 is 9.59 Å². The zero-order valence-electron chi connectivity index (χ0n) is 14.1. The Balaban J connectivity index is 2.09. The lowest BCUT2D eigenvalue weighted by Gasteiger charge is -2.18. The van der Waals surface area contributed by atoms with E-state index in [1.54, 1.807) is 6.07 Å². The summed E-state index contributed by atoms with van der Waals surface area (Å²) in [5.41, 5.74) is 5.63. The highest BCUT2D eigenvalue weighted by Crippen LogP contribution is 2.36. The molecule has 0 bridgehead atoms. The van der Waals surface area contributed by atoms with Gasteiger partial charge in [0.25, 0.3) is 11.8 Å². The first kappa shape index (κ1) is 16.5. The fourth-order valence-electron chi connectivity index (χ4n) is 2.93. The number of imide groups is 1. The van der Waals surface area contributed by atoms with Crippen molar-refractivity contribution in [2.24, 2.45) is 0 Å². The van der Waals surface area contributed by atoms with Crippen LogP contribution < -0.4 is 4.90 Å². The minimum Gasteiger partial charge on any atom is -0.268 e. The van der Waals surface area contributed by atoms with E-state index in [1.807, 2.05) is 58.0 Å². The van der Waals surface area contributed by atoms with Crippen LogP contribution >= 0.6 is 11.6 Å². The van der Waals surface area contributed by atoms with Gasteiger partial charge < -0.3 is 0 Å². The molecule has 1 aliphatic rings. The van der Waals surface area contributed by atoms with Gasteiger partial charge in [0, 0.05) is 0 Å². The first-order valence-corrected chi connectivity index (χ1v) is 8.12. The number of hydrogen-bond donors (Lipinski definition) is 0. The van der Waals surface area contributed by atoms with Crippen molar-refractivity contribution >= 4 is 34.7 Å². The van der Waals surface area contributed by atoms with Crippen molar-refractivity contribution in [3.05, 3.63) is 69.2 Å². The minimum atomic E-state index is -0.471. The van der Waals surface area contributed by atoms with Crippen molar-refractivity contribution in [2.75, 3.05) is 4.90 Å². The van der Waals surface area contributed by atoms with Gasteiger partial charge in [0.2, 0.25) is 0 Å². The summed E-state index contributed by atoms with van der Waals surface area (Å²) in [4.78, 5) is 26.7. The minimum absolute atomic E-state index is 0.0248. The van der Waals surface area contributed by atoms with Crippen LogP contribution in [-0.2, 0) is 9.59 Å². The maximum Gasteiger partial charge on any atom is 0.277 e. The van der Waals surface area contributed by atoms with E-state index in [2.05, 4.69) is 0 Å². The third kappa shape index (κ3) is 2.55. The van der Waals surface area contributed by atoms with Gasteiger partial charge in [0.05, 0.1) is 11.3 Å². The van der Waals surface area contributed by atoms with Gasteiger partial charge in [0.15, 0.2) is 0 Å². The summed E-state index contributed by atoms with van der Waals surface area (Å²) in [7, 11) is 0. The Morgan fingerprint density at radius 3 is 2.12 bits per heavy atom. The Labute approximate surface area is 146 Å². The summed E-state index contributed by atoms with van der Waals surface area (Å²) in [6.07, 6.45) is 0. The molecule has 0 fully saturated rings. The van der Waals surface area contributed by atoms with Crippen LogP contribution in [0.2, 0.25) is 0 Å². The van der Waals surface area contributed by atoms with E-state index in [-0.39, 0.29) is 16.5 Å². The molecule has 2 aromatic rings. The van der Waals surface area contributed by atoms with E-state index in [0.29, 0.717) is 11.3 Å². The van der Waals surface area contributed by atoms with Crippen molar-refractivity contribution in [1.29, 1.82) is 0 Å². The number of carbonyl (C=O) groups is 2. The molecule has 0 saturated carbocycles. The summed E-state index contributed by atoms with van der Waals surface area (Å²) >= 11 is 6.25. The van der Waals surface area contributed by atoms with Gasteiger partial charge in [-0.2, -0.15) is 0 Å². The van der Waals surface area contributed by atoms with Crippen LogP contribution in [0, 0.1) is 27.7 Å². The molecule has 1 heterocycles. The Bertz CT molecular complexity index is 912. The van der Waals surface area contributed by atoms with Gasteiger partial charge in [-0.3, -0.25) is 9.59 Å². The first-order valence-electron chi connectivity index (χ1n) is 7.74. The lowest BCUT2D eigenvalue weighted by Crippen LogP contribution is -2.31. The largest absolute Gasteiger partial charge is 0.277 e. The molecule has 2 aromatic carbocycles. The molecule has 4 heteroatoms.